The van der Waals surface area contributed by atoms with Crippen LogP contribution < -0.4 is 0 Å². The molecule has 0 aliphatic rings. The van der Waals surface area contributed by atoms with Crippen molar-refractivity contribution in [1.29, 1.82) is 0 Å². The van der Waals surface area contributed by atoms with Crippen LogP contribution >= 0.6 is 15.6 Å². The minimum Gasteiger partial charge on any atom is -0.462 e. The number of aliphatic hydroxyl groups excluding tert-OH is 1. The lowest BCUT2D eigenvalue weighted by atomic mass is 10.0. The summed E-state index contributed by atoms with van der Waals surface area (Å²) >= 11 is 0. The molecule has 0 aromatic rings. The first-order chi connectivity index (χ1) is 46.0. The standard InChI is InChI=1S/C76H148O17P2/c1-6-9-12-15-18-21-24-27-28-29-30-32-35-42-47-52-57-62-76(81)93-72(66-87-74(79)60-55-50-45-40-37-36-38-43-48-53-58-69(4)5)68-91-95(84,85)89-64-70(77)63-88-94(82,83)90-67-71(65-86-73(78)59-54-49-44-39-33-26-23-20-17-14-11-8-3)92-75(80)61-56-51-46-41-34-31-25-22-19-16-13-10-7-2/h69-72,77H,6-68H2,1-5H3,(H,82,83)(H,84,85)/t70-,71+,72+/m0/s1. The maximum atomic E-state index is 13.1. The van der Waals surface area contributed by atoms with Gasteiger partial charge in [0.05, 0.1) is 26.4 Å². The molecule has 0 amide bonds. The predicted octanol–water partition coefficient (Wildman–Crippen LogP) is 22.5. The number of carbonyl (C=O) groups is 4. The van der Waals surface area contributed by atoms with E-state index in [0.29, 0.717) is 25.7 Å². The van der Waals surface area contributed by atoms with E-state index < -0.39 is 97.5 Å². The molecule has 0 aliphatic heterocycles. The Morgan fingerprint density at radius 2 is 0.484 bits per heavy atom. The van der Waals surface area contributed by atoms with Crippen molar-refractivity contribution in [2.75, 3.05) is 39.6 Å². The minimum atomic E-state index is -4.96. The largest absolute Gasteiger partial charge is 0.472 e. The summed E-state index contributed by atoms with van der Waals surface area (Å²) in [6, 6.07) is 0. The molecule has 17 nitrogen and oxygen atoms in total. The van der Waals surface area contributed by atoms with E-state index in [1.54, 1.807) is 0 Å². The normalized spacial score (nSPS) is 13.9. The maximum absolute atomic E-state index is 13.1. The third-order valence-electron chi connectivity index (χ3n) is 17.8. The van der Waals surface area contributed by atoms with Gasteiger partial charge in [0.15, 0.2) is 12.2 Å². The van der Waals surface area contributed by atoms with Crippen LogP contribution in [-0.2, 0) is 65.4 Å². The SMILES string of the molecule is CCCCCCCCCCCCCCCCCCCC(=O)O[C@H](COC(=O)CCCCCCCCCCCCC(C)C)COP(=O)(O)OC[C@@H](O)COP(=O)(O)OC[C@@H](COC(=O)CCCCCCCCCCCCCC)OC(=O)CCCCCCCCCCCCCCC. The third kappa shape index (κ3) is 70.3. The Labute approximate surface area is 581 Å². The van der Waals surface area contributed by atoms with Gasteiger partial charge >= 0.3 is 39.5 Å². The van der Waals surface area contributed by atoms with E-state index in [0.717, 1.165) is 95.8 Å². The molecule has 0 fully saturated rings. The number of phosphoric acid groups is 2. The van der Waals surface area contributed by atoms with E-state index in [1.807, 2.05) is 0 Å². The van der Waals surface area contributed by atoms with Gasteiger partial charge < -0.3 is 33.8 Å². The van der Waals surface area contributed by atoms with E-state index in [1.165, 1.54) is 225 Å². The van der Waals surface area contributed by atoms with Crippen LogP contribution in [-0.4, -0.2) is 96.7 Å². The molecule has 5 atom stereocenters. The third-order valence-corrected chi connectivity index (χ3v) is 19.7. The molecule has 0 spiro atoms. The number of hydrogen-bond donors (Lipinski definition) is 3. The Morgan fingerprint density at radius 3 is 0.716 bits per heavy atom. The number of aliphatic hydroxyl groups is 1. The maximum Gasteiger partial charge on any atom is 0.472 e. The van der Waals surface area contributed by atoms with E-state index in [2.05, 4.69) is 34.6 Å². The summed E-state index contributed by atoms with van der Waals surface area (Å²) in [4.78, 5) is 72.8. The van der Waals surface area contributed by atoms with Crippen molar-refractivity contribution in [3.63, 3.8) is 0 Å². The molecule has 2 unspecified atom stereocenters. The zero-order chi connectivity index (χ0) is 69.8. The molecule has 0 saturated carbocycles. The monoisotopic (exact) mass is 1400 g/mol. The van der Waals surface area contributed by atoms with Gasteiger partial charge in [0.2, 0.25) is 0 Å². The Kier molecular flexibility index (Phi) is 67.7. The zero-order valence-electron chi connectivity index (χ0n) is 61.8. The molecule has 0 saturated heterocycles. The molecule has 0 aromatic heterocycles. The Bertz CT molecular complexity index is 1820. The van der Waals surface area contributed by atoms with E-state index in [9.17, 15) is 43.2 Å². The second-order valence-electron chi connectivity index (χ2n) is 27.9. The number of carbonyl (C=O) groups excluding carboxylic acids is 4. The van der Waals surface area contributed by atoms with Crippen molar-refractivity contribution in [3.8, 4) is 0 Å². The Balaban J connectivity index is 5.25. The first-order valence-electron chi connectivity index (χ1n) is 39.6. The van der Waals surface area contributed by atoms with Crippen molar-refractivity contribution >= 4 is 39.5 Å². The molecule has 3 N–H and O–H groups in total. The summed E-state index contributed by atoms with van der Waals surface area (Å²) in [5, 5.41) is 10.6. The zero-order valence-corrected chi connectivity index (χ0v) is 63.6. The van der Waals surface area contributed by atoms with Gasteiger partial charge in [-0.1, -0.05) is 349 Å². The van der Waals surface area contributed by atoms with Crippen LogP contribution in [0.3, 0.4) is 0 Å². The molecular formula is C76H148O17P2. The van der Waals surface area contributed by atoms with Crippen molar-refractivity contribution in [2.45, 2.75) is 419 Å². The van der Waals surface area contributed by atoms with Crippen molar-refractivity contribution < 1.29 is 80.2 Å². The Morgan fingerprint density at radius 1 is 0.284 bits per heavy atom. The molecule has 19 heteroatoms. The van der Waals surface area contributed by atoms with Gasteiger partial charge in [-0.05, 0) is 31.6 Å². The van der Waals surface area contributed by atoms with Gasteiger partial charge in [0.1, 0.15) is 19.3 Å². The topological polar surface area (TPSA) is 237 Å². The lowest BCUT2D eigenvalue weighted by Crippen LogP contribution is -2.30. The number of hydrogen-bond acceptors (Lipinski definition) is 15. The van der Waals surface area contributed by atoms with Crippen LogP contribution in [0.15, 0.2) is 0 Å². The number of unbranched alkanes of at least 4 members (excludes halogenated alkanes) is 48. The van der Waals surface area contributed by atoms with Crippen LogP contribution in [0, 0.1) is 5.92 Å². The van der Waals surface area contributed by atoms with Gasteiger partial charge in [-0.3, -0.25) is 37.3 Å². The summed E-state index contributed by atoms with van der Waals surface area (Å²) in [6.45, 7) is 7.30. The highest BCUT2D eigenvalue weighted by Crippen LogP contribution is 2.45. The van der Waals surface area contributed by atoms with Crippen molar-refractivity contribution in [3.05, 3.63) is 0 Å². The highest BCUT2D eigenvalue weighted by atomic mass is 31.2. The molecule has 564 valence electrons. The summed E-state index contributed by atoms with van der Waals surface area (Å²) in [5.41, 5.74) is 0. The lowest BCUT2D eigenvalue weighted by molar-refractivity contribution is -0.161. The average Bonchev–Trinajstić information content (AvgIpc) is 2.88. The first-order valence-corrected chi connectivity index (χ1v) is 42.6. The Hall–Kier alpha value is -1.94. The highest BCUT2D eigenvalue weighted by molar-refractivity contribution is 7.47. The first kappa shape index (κ1) is 93.1. The molecule has 0 heterocycles. The van der Waals surface area contributed by atoms with E-state index >= 15 is 0 Å². The van der Waals surface area contributed by atoms with Crippen molar-refractivity contribution in [1.82, 2.24) is 0 Å². The fourth-order valence-electron chi connectivity index (χ4n) is 11.7. The molecule has 0 rings (SSSR count). The second kappa shape index (κ2) is 69.2. The average molecular weight is 1400 g/mol. The number of rotatable bonds is 76. The number of ether oxygens (including phenoxy) is 4. The molecule has 95 heavy (non-hydrogen) atoms. The number of phosphoric ester groups is 2. The molecule has 0 aromatic carbocycles. The summed E-state index contributed by atoms with van der Waals surface area (Å²) in [5.74, 6) is -1.35. The smallest absolute Gasteiger partial charge is 0.462 e. The summed E-state index contributed by atoms with van der Waals surface area (Å²) < 4.78 is 68.6. The summed E-state index contributed by atoms with van der Waals surface area (Å²) in [6.07, 6.45) is 58.1. The minimum absolute atomic E-state index is 0.108. The highest BCUT2D eigenvalue weighted by Gasteiger charge is 2.30. The van der Waals surface area contributed by atoms with Gasteiger partial charge in [-0.25, -0.2) is 9.13 Å². The molecule has 0 radical (unpaired) electrons. The molecule has 0 aliphatic carbocycles. The lowest BCUT2D eigenvalue weighted by Gasteiger charge is -2.21. The van der Waals surface area contributed by atoms with Gasteiger partial charge in [-0.2, -0.15) is 0 Å². The van der Waals surface area contributed by atoms with Crippen molar-refractivity contribution in [2.24, 2.45) is 5.92 Å². The van der Waals surface area contributed by atoms with E-state index in [4.69, 9.17) is 37.0 Å². The van der Waals surface area contributed by atoms with E-state index in [-0.39, 0.29) is 25.7 Å². The fraction of sp³-hybridized carbons (Fsp3) is 0.947. The second-order valence-corrected chi connectivity index (χ2v) is 30.8. The predicted molar refractivity (Wildman–Crippen MR) is 386 cm³/mol. The molecular weight excluding hydrogens is 1250 g/mol. The number of esters is 4. The van der Waals surface area contributed by atoms with Gasteiger partial charge in [0, 0.05) is 25.7 Å². The van der Waals surface area contributed by atoms with Crippen LogP contribution in [0.1, 0.15) is 401 Å². The van der Waals surface area contributed by atoms with Gasteiger partial charge in [-0.15, -0.1) is 0 Å². The van der Waals surface area contributed by atoms with Gasteiger partial charge in [0.25, 0.3) is 0 Å². The van der Waals surface area contributed by atoms with Crippen LogP contribution in [0.2, 0.25) is 0 Å². The quantitative estimate of drug-likeness (QED) is 0.0222. The molecule has 0 bridgehead atoms. The van der Waals surface area contributed by atoms with Crippen LogP contribution in [0.25, 0.3) is 0 Å². The van der Waals surface area contributed by atoms with Crippen LogP contribution in [0.4, 0.5) is 0 Å². The fourth-order valence-corrected chi connectivity index (χ4v) is 13.3. The van der Waals surface area contributed by atoms with Crippen LogP contribution in [0.5, 0.6) is 0 Å². The summed E-state index contributed by atoms with van der Waals surface area (Å²) in [7, 11) is -9.91.